The fraction of sp³-hybridized carbons (Fsp3) is 0.800. The highest BCUT2D eigenvalue weighted by Gasteiger charge is 2.12. The van der Waals surface area contributed by atoms with Crippen LogP contribution in [0.3, 0.4) is 0 Å². The molecule has 0 aromatic carbocycles. The van der Waals surface area contributed by atoms with Gasteiger partial charge >= 0.3 is 0 Å². The maximum absolute atomic E-state index is 11.9. The van der Waals surface area contributed by atoms with Crippen LogP contribution >= 0.6 is 11.8 Å². The molecule has 1 heterocycles. The first-order chi connectivity index (χ1) is 9.90. The van der Waals surface area contributed by atoms with Gasteiger partial charge in [-0.1, -0.05) is 38.5 Å². The van der Waals surface area contributed by atoms with Crippen LogP contribution in [0.15, 0.2) is 11.5 Å². The Bertz CT molecular complexity index is 431. The molecule has 0 fully saturated rings. The second-order valence-corrected chi connectivity index (χ2v) is 7.14. The SMILES string of the molecule is CC(C)CCCC(C)NC(=O)CSc1nncn1C(C)C. The quantitative estimate of drug-likeness (QED) is 0.711. The second-order valence-electron chi connectivity index (χ2n) is 6.20. The van der Waals surface area contributed by atoms with Crippen LogP contribution in [0, 0.1) is 5.92 Å². The highest BCUT2D eigenvalue weighted by atomic mass is 32.2. The Kier molecular flexibility index (Phi) is 7.78. The van der Waals surface area contributed by atoms with E-state index in [9.17, 15) is 4.79 Å². The Morgan fingerprint density at radius 2 is 2.00 bits per heavy atom. The van der Waals surface area contributed by atoms with Gasteiger partial charge in [0, 0.05) is 12.1 Å². The molecule has 1 N–H and O–H groups in total. The summed E-state index contributed by atoms with van der Waals surface area (Å²) >= 11 is 1.44. The first-order valence-corrected chi connectivity index (χ1v) is 8.70. The average Bonchev–Trinajstić information content (AvgIpc) is 2.84. The third-order valence-corrected chi connectivity index (χ3v) is 4.21. The number of amides is 1. The largest absolute Gasteiger partial charge is 0.353 e. The van der Waals surface area contributed by atoms with E-state index < -0.39 is 0 Å². The van der Waals surface area contributed by atoms with E-state index in [4.69, 9.17) is 0 Å². The van der Waals surface area contributed by atoms with Crippen molar-refractivity contribution in [3.05, 3.63) is 6.33 Å². The molecule has 1 aromatic rings. The number of carbonyl (C=O) groups is 1. The minimum atomic E-state index is 0.0651. The van der Waals surface area contributed by atoms with Gasteiger partial charge in [0.15, 0.2) is 5.16 Å². The fourth-order valence-corrected chi connectivity index (χ4v) is 2.90. The Morgan fingerprint density at radius 1 is 1.29 bits per heavy atom. The molecule has 1 atom stereocenters. The Morgan fingerprint density at radius 3 is 2.62 bits per heavy atom. The number of rotatable bonds is 9. The zero-order valence-electron chi connectivity index (χ0n) is 13.8. The summed E-state index contributed by atoms with van der Waals surface area (Å²) in [7, 11) is 0. The van der Waals surface area contributed by atoms with Crippen molar-refractivity contribution >= 4 is 17.7 Å². The first-order valence-electron chi connectivity index (χ1n) is 7.71. The van der Waals surface area contributed by atoms with Crippen LogP contribution in [-0.2, 0) is 4.79 Å². The molecule has 1 rings (SSSR count). The number of carbonyl (C=O) groups excluding carboxylic acids is 1. The fourth-order valence-electron chi connectivity index (χ4n) is 2.04. The number of hydrogen-bond donors (Lipinski definition) is 1. The standard InChI is InChI=1S/C15H28N4OS/c1-11(2)7-6-8-13(5)17-14(20)9-21-15-18-16-10-19(15)12(3)4/h10-13H,6-9H2,1-5H3,(H,17,20). The van der Waals surface area contributed by atoms with E-state index in [0.29, 0.717) is 11.8 Å². The molecule has 5 nitrogen and oxygen atoms in total. The number of nitrogens with one attached hydrogen (secondary N) is 1. The summed E-state index contributed by atoms with van der Waals surface area (Å²) in [6, 6.07) is 0.542. The van der Waals surface area contributed by atoms with Crippen molar-refractivity contribution in [1.82, 2.24) is 20.1 Å². The van der Waals surface area contributed by atoms with Crippen LogP contribution in [-0.4, -0.2) is 32.5 Å². The van der Waals surface area contributed by atoms with Crippen LogP contribution in [0.1, 0.15) is 59.9 Å². The number of hydrogen-bond acceptors (Lipinski definition) is 4. The van der Waals surface area contributed by atoms with E-state index in [2.05, 4.69) is 50.1 Å². The van der Waals surface area contributed by atoms with Crippen LogP contribution in [0.4, 0.5) is 0 Å². The van der Waals surface area contributed by atoms with Crippen LogP contribution < -0.4 is 5.32 Å². The molecule has 0 radical (unpaired) electrons. The molecule has 21 heavy (non-hydrogen) atoms. The van der Waals surface area contributed by atoms with Crippen molar-refractivity contribution in [2.75, 3.05) is 5.75 Å². The molecule has 0 aliphatic carbocycles. The Labute approximate surface area is 132 Å². The van der Waals surface area contributed by atoms with E-state index in [0.717, 1.165) is 23.9 Å². The zero-order chi connectivity index (χ0) is 15.8. The molecular weight excluding hydrogens is 284 g/mol. The normalized spacial score (nSPS) is 12.9. The van der Waals surface area contributed by atoms with E-state index in [1.807, 2.05) is 4.57 Å². The van der Waals surface area contributed by atoms with Gasteiger partial charge in [-0.05, 0) is 33.1 Å². The molecule has 1 aromatic heterocycles. The summed E-state index contributed by atoms with van der Waals surface area (Å²) in [6.45, 7) is 10.7. The summed E-state index contributed by atoms with van der Waals surface area (Å²) in [5.74, 6) is 1.18. The van der Waals surface area contributed by atoms with Gasteiger partial charge in [0.2, 0.25) is 5.91 Å². The van der Waals surface area contributed by atoms with Gasteiger partial charge in [-0.15, -0.1) is 10.2 Å². The Balaban J connectivity index is 2.29. The van der Waals surface area contributed by atoms with Crippen molar-refractivity contribution in [3.8, 4) is 0 Å². The van der Waals surface area contributed by atoms with Gasteiger partial charge in [0.05, 0.1) is 5.75 Å². The maximum atomic E-state index is 11.9. The molecule has 0 aliphatic heterocycles. The Hall–Kier alpha value is -1.04. The van der Waals surface area contributed by atoms with Crippen LogP contribution in [0.2, 0.25) is 0 Å². The van der Waals surface area contributed by atoms with Crippen molar-refractivity contribution in [2.45, 2.75) is 71.1 Å². The van der Waals surface area contributed by atoms with Gasteiger partial charge in [-0.25, -0.2) is 0 Å². The molecule has 6 heteroatoms. The molecule has 0 saturated carbocycles. The van der Waals surface area contributed by atoms with Crippen molar-refractivity contribution in [1.29, 1.82) is 0 Å². The minimum absolute atomic E-state index is 0.0651. The van der Waals surface area contributed by atoms with E-state index in [-0.39, 0.29) is 11.9 Å². The summed E-state index contributed by atoms with van der Waals surface area (Å²) in [5, 5.41) is 11.8. The molecular formula is C15H28N4OS. The second kappa shape index (κ2) is 9.07. The average molecular weight is 312 g/mol. The van der Waals surface area contributed by atoms with E-state index in [1.165, 1.54) is 18.2 Å². The highest BCUT2D eigenvalue weighted by molar-refractivity contribution is 7.99. The zero-order valence-corrected chi connectivity index (χ0v) is 14.6. The van der Waals surface area contributed by atoms with Crippen molar-refractivity contribution in [3.63, 3.8) is 0 Å². The molecule has 1 amide bonds. The maximum Gasteiger partial charge on any atom is 0.230 e. The summed E-state index contributed by atoms with van der Waals surface area (Å²) in [4.78, 5) is 11.9. The van der Waals surface area contributed by atoms with Crippen LogP contribution in [0.25, 0.3) is 0 Å². The van der Waals surface area contributed by atoms with Gasteiger partial charge < -0.3 is 9.88 Å². The number of aromatic nitrogens is 3. The van der Waals surface area contributed by atoms with Gasteiger partial charge in [0.1, 0.15) is 6.33 Å². The topological polar surface area (TPSA) is 59.8 Å². The monoisotopic (exact) mass is 312 g/mol. The van der Waals surface area contributed by atoms with Gasteiger partial charge in [-0.3, -0.25) is 4.79 Å². The smallest absolute Gasteiger partial charge is 0.230 e. The lowest BCUT2D eigenvalue weighted by molar-refractivity contribution is -0.119. The van der Waals surface area contributed by atoms with Gasteiger partial charge in [0.25, 0.3) is 0 Å². The predicted octanol–water partition coefficient (Wildman–Crippen LogP) is 3.28. The number of thioether (sulfide) groups is 1. The van der Waals surface area contributed by atoms with E-state index >= 15 is 0 Å². The molecule has 0 aliphatic rings. The van der Waals surface area contributed by atoms with Crippen molar-refractivity contribution < 1.29 is 4.79 Å². The lowest BCUT2D eigenvalue weighted by Gasteiger charge is -2.14. The summed E-state index contributed by atoms with van der Waals surface area (Å²) < 4.78 is 1.98. The molecule has 1 unspecified atom stereocenters. The molecule has 0 spiro atoms. The highest BCUT2D eigenvalue weighted by Crippen LogP contribution is 2.18. The lowest BCUT2D eigenvalue weighted by atomic mass is 10.0. The minimum Gasteiger partial charge on any atom is -0.353 e. The third-order valence-electron chi connectivity index (χ3n) is 3.25. The molecule has 0 saturated heterocycles. The van der Waals surface area contributed by atoms with Gasteiger partial charge in [-0.2, -0.15) is 0 Å². The van der Waals surface area contributed by atoms with Crippen LogP contribution in [0.5, 0.6) is 0 Å². The first kappa shape index (κ1) is 18.0. The number of nitrogens with zero attached hydrogens (tertiary/aromatic N) is 3. The summed E-state index contributed by atoms with van der Waals surface area (Å²) in [6.07, 6.45) is 5.12. The molecule has 0 bridgehead atoms. The lowest BCUT2D eigenvalue weighted by Crippen LogP contribution is -2.33. The molecule has 120 valence electrons. The predicted molar refractivity (Wildman–Crippen MR) is 87.4 cm³/mol. The van der Waals surface area contributed by atoms with E-state index in [1.54, 1.807) is 6.33 Å². The van der Waals surface area contributed by atoms with Crippen molar-refractivity contribution in [2.24, 2.45) is 5.92 Å². The summed E-state index contributed by atoms with van der Waals surface area (Å²) in [5.41, 5.74) is 0. The third kappa shape index (κ3) is 6.98.